The molecule has 6 heteroatoms. The molecule has 1 unspecified atom stereocenters. The first-order chi connectivity index (χ1) is 8.06. The Morgan fingerprint density at radius 2 is 2.29 bits per heavy atom. The van der Waals surface area contributed by atoms with E-state index in [1.165, 1.54) is 22.9 Å². The maximum Gasteiger partial charge on any atom is 0.126 e. The second-order valence-electron chi connectivity index (χ2n) is 3.77. The second kappa shape index (κ2) is 4.81. The lowest BCUT2D eigenvalue weighted by Crippen LogP contribution is -2.04. The van der Waals surface area contributed by atoms with Crippen LogP contribution in [0.15, 0.2) is 24.4 Å². The first-order valence-corrected chi connectivity index (χ1v) is 5.42. The summed E-state index contributed by atoms with van der Waals surface area (Å²) in [7, 11) is 1.70. The molecule has 0 saturated carbocycles. The van der Waals surface area contributed by atoms with Gasteiger partial charge in [-0.1, -0.05) is 16.8 Å². The number of nitrogens with zero attached hydrogens (tertiary/aromatic N) is 3. The molecule has 0 fully saturated rings. The van der Waals surface area contributed by atoms with Crippen molar-refractivity contribution in [3.63, 3.8) is 0 Å². The average molecular weight is 256 g/mol. The van der Waals surface area contributed by atoms with Crippen LogP contribution < -0.4 is 0 Å². The number of hydrogen-bond acceptors (Lipinski definition) is 3. The normalized spacial score (nSPS) is 12.7. The van der Waals surface area contributed by atoms with Crippen LogP contribution in [0.1, 0.15) is 17.4 Å². The van der Waals surface area contributed by atoms with E-state index < -0.39 is 11.9 Å². The van der Waals surface area contributed by atoms with E-state index in [0.29, 0.717) is 16.3 Å². The Morgan fingerprint density at radius 1 is 1.53 bits per heavy atom. The molecule has 1 N–H and O–H groups in total. The maximum absolute atomic E-state index is 13.4. The van der Waals surface area contributed by atoms with Gasteiger partial charge in [0.15, 0.2) is 0 Å². The zero-order valence-electron chi connectivity index (χ0n) is 9.14. The van der Waals surface area contributed by atoms with Gasteiger partial charge in [0.2, 0.25) is 0 Å². The summed E-state index contributed by atoms with van der Waals surface area (Å²) in [6.07, 6.45) is 0.815. The second-order valence-corrected chi connectivity index (χ2v) is 4.21. The maximum atomic E-state index is 13.4. The van der Waals surface area contributed by atoms with Crippen LogP contribution in [-0.4, -0.2) is 20.1 Å². The number of halogens is 2. The van der Waals surface area contributed by atoms with Crippen LogP contribution in [0.25, 0.3) is 0 Å². The number of aromatic nitrogens is 3. The summed E-state index contributed by atoms with van der Waals surface area (Å²) < 4.78 is 14.9. The highest BCUT2D eigenvalue weighted by atomic mass is 35.5. The molecule has 0 bridgehead atoms. The fraction of sp³-hybridized carbons (Fsp3) is 0.273. The van der Waals surface area contributed by atoms with Gasteiger partial charge in [0.05, 0.1) is 6.20 Å². The molecule has 2 rings (SSSR count). The van der Waals surface area contributed by atoms with Crippen LogP contribution in [-0.2, 0) is 13.5 Å². The lowest BCUT2D eigenvalue weighted by molar-refractivity contribution is 0.172. The zero-order valence-corrected chi connectivity index (χ0v) is 9.89. The van der Waals surface area contributed by atoms with Crippen molar-refractivity contribution in [2.45, 2.75) is 12.5 Å². The number of hydrogen-bond donors (Lipinski definition) is 1. The van der Waals surface area contributed by atoms with Gasteiger partial charge in [-0.15, -0.1) is 5.10 Å². The van der Waals surface area contributed by atoms with E-state index in [-0.39, 0.29) is 6.42 Å². The lowest BCUT2D eigenvalue weighted by atomic mass is 10.1. The SMILES string of the molecule is Cn1cc(C(O)Cc2cc(Cl)ccc2F)nn1. The molecule has 0 radical (unpaired) electrons. The summed E-state index contributed by atoms with van der Waals surface area (Å²) in [5, 5.41) is 17.8. The van der Waals surface area contributed by atoms with Crippen molar-refractivity contribution in [2.75, 3.05) is 0 Å². The van der Waals surface area contributed by atoms with E-state index in [0.717, 1.165) is 0 Å². The van der Waals surface area contributed by atoms with Gasteiger partial charge in [-0.2, -0.15) is 0 Å². The Kier molecular flexibility index (Phi) is 3.40. The predicted molar refractivity (Wildman–Crippen MR) is 61.1 cm³/mol. The molecule has 0 spiro atoms. The van der Waals surface area contributed by atoms with Gasteiger partial charge in [-0.25, -0.2) is 4.39 Å². The Bertz CT molecular complexity index is 529. The van der Waals surface area contributed by atoms with Gasteiger partial charge in [0.1, 0.15) is 17.6 Å². The first kappa shape index (κ1) is 12.0. The van der Waals surface area contributed by atoms with Gasteiger partial charge in [-0.3, -0.25) is 4.68 Å². The standard InChI is InChI=1S/C11H11ClFN3O/c1-16-6-10(14-15-16)11(17)5-7-4-8(12)2-3-9(7)13/h2-4,6,11,17H,5H2,1H3. The van der Waals surface area contributed by atoms with Crippen molar-refractivity contribution in [1.82, 2.24) is 15.0 Å². The molecule has 90 valence electrons. The van der Waals surface area contributed by atoms with E-state index in [9.17, 15) is 9.50 Å². The highest BCUT2D eigenvalue weighted by Crippen LogP contribution is 2.21. The summed E-state index contributed by atoms with van der Waals surface area (Å²) >= 11 is 5.77. The molecule has 0 aliphatic rings. The number of benzene rings is 1. The van der Waals surface area contributed by atoms with E-state index in [4.69, 9.17) is 11.6 Å². The summed E-state index contributed by atoms with van der Waals surface area (Å²) in [6.45, 7) is 0. The molecular weight excluding hydrogens is 245 g/mol. The number of rotatable bonds is 3. The van der Waals surface area contributed by atoms with E-state index in [1.807, 2.05) is 0 Å². The number of aryl methyl sites for hydroxylation is 1. The first-order valence-electron chi connectivity index (χ1n) is 5.04. The number of aliphatic hydroxyl groups excluding tert-OH is 1. The molecule has 0 aliphatic carbocycles. The van der Waals surface area contributed by atoms with E-state index in [1.54, 1.807) is 13.2 Å². The fourth-order valence-corrected chi connectivity index (χ4v) is 1.73. The smallest absolute Gasteiger partial charge is 0.126 e. The highest BCUT2D eigenvalue weighted by molar-refractivity contribution is 6.30. The van der Waals surface area contributed by atoms with Crippen LogP contribution in [0.2, 0.25) is 5.02 Å². The van der Waals surface area contributed by atoms with Crippen molar-refractivity contribution in [2.24, 2.45) is 7.05 Å². The Balaban J connectivity index is 2.18. The highest BCUT2D eigenvalue weighted by Gasteiger charge is 2.14. The molecule has 1 aromatic carbocycles. The van der Waals surface area contributed by atoms with Crippen LogP contribution in [0.4, 0.5) is 4.39 Å². The molecule has 0 aliphatic heterocycles. The van der Waals surface area contributed by atoms with E-state index in [2.05, 4.69) is 10.3 Å². The van der Waals surface area contributed by atoms with Gasteiger partial charge < -0.3 is 5.11 Å². The van der Waals surface area contributed by atoms with Gasteiger partial charge in [0.25, 0.3) is 0 Å². The third kappa shape index (κ3) is 2.81. The summed E-state index contributed by atoms with van der Waals surface area (Å²) in [5.74, 6) is -0.391. The number of aliphatic hydroxyl groups is 1. The average Bonchev–Trinajstić information content (AvgIpc) is 2.70. The molecule has 1 heterocycles. The molecule has 1 aromatic heterocycles. The Labute approximate surface area is 103 Å². The van der Waals surface area contributed by atoms with Gasteiger partial charge >= 0.3 is 0 Å². The van der Waals surface area contributed by atoms with Crippen molar-refractivity contribution in [3.05, 3.63) is 46.5 Å². The largest absolute Gasteiger partial charge is 0.386 e. The van der Waals surface area contributed by atoms with Crippen LogP contribution in [0, 0.1) is 5.82 Å². The van der Waals surface area contributed by atoms with Crippen molar-refractivity contribution in [3.8, 4) is 0 Å². The van der Waals surface area contributed by atoms with E-state index >= 15 is 0 Å². The third-order valence-corrected chi connectivity index (χ3v) is 2.62. The molecule has 17 heavy (non-hydrogen) atoms. The van der Waals surface area contributed by atoms with Crippen LogP contribution in [0.5, 0.6) is 0 Å². The van der Waals surface area contributed by atoms with Crippen molar-refractivity contribution >= 4 is 11.6 Å². The monoisotopic (exact) mass is 255 g/mol. The molecule has 0 amide bonds. The quantitative estimate of drug-likeness (QED) is 0.911. The topological polar surface area (TPSA) is 50.9 Å². The lowest BCUT2D eigenvalue weighted by Gasteiger charge is -2.08. The zero-order chi connectivity index (χ0) is 12.4. The van der Waals surface area contributed by atoms with Gasteiger partial charge in [0, 0.05) is 18.5 Å². The summed E-state index contributed by atoms with van der Waals surface area (Å²) in [4.78, 5) is 0. The fourth-order valence-electron chi connectivity index (χ4n) is 1.53. The minimum Gasteiger partial charge on any atom is -0.386 e. The molecule has 1 atom stereocenters. The summed E-state index contributed by atoms with van der Waals surface area (Å²) in [5.41, 5.74) is 0.766. The molecular formula is C11H11ClFN3O. The predicted octanol–water partition coefficient (Wildman–Crippen LogP) is 1.88. The Morgan fingerprint density at radius 3 is 2.94 bits per heavy atom. The van der Waals surface area contributed by atoms with Crippen molar-refractivity contribution in [1.29, 1.82) is 0 Å². The van der Waals surface area contributed by atoms with Crippen LogP contribution in [0.3, 0.4) is 0 Å². The Hall–Kier alpha value is -1.46. The molecule has 2 aromatic rings. The minimum atomic E-state index is -0.892. The minimum absolute atomic E-state index is 0.116. The van der Waals surface area contributed by atoms with Crippen molar-refractivity contribution < 1.29 is 9.50 Å². The van der Waals surface area contributed by atoms with Gasteiger partial charge in [-0.05, 0) is 23.8 Å². The molecule has 0 saturated heterocycles. The third-order valence-electron chi connectivity index (χ3n) is 2.38. The molecule has 4 nitrogen and oxygen atoms in total. The van der Waals surface area contributed by atoms with Crippen LogP contribution >= 0.6 is 11.6 Å². The summed E-state index contributed by atoms with van der Waals surface area (Å²) in [6, 6.07) is 4.24.